The lowest BCUT2D eigenvalue weighted by atomic mass is 9.98. The summed E-state index contributed by atoms with van der Waals surface area (Å²) < 4.78 is 10.8. The number of primary amides is 1. The molecule has 1 unspecified atom stereocenters. The summed E-state index contributed by atoms with van der Waals surface area (Å²) in [5.74, 6) is -3.65. The predicted molar refractivity (Wildman–Crippen MR) is 163 cm³/mol. The lowest BCUT2D eigenvalue weighted by molar-refractivity contribution is -0.131. The summed E-state index contributed by atoms with van der Waals surface area (Å²) in [5, 5.41) is 14.1. The van der Waals surface area contributed by atoms with E-state index < -0.39 is 54.9 Å². The van der Waals surface area contributed by atoms with Gasteiger partial charge in [-0.05, 0) is 40.5 Å². The molecule has 14 nitrogen and oxygen atoms in total. The molecule has 1 fully saturated rings. The van der Waals surface area contributed by atoms with Crippen LogP contribution in [0, 0.1) is 0 Å². The quantitative estimate of drug-likeness (QED) is 0.246. The number of fused-ring (bicyclic) bond motifs is 3. The number of benzene rings is 3. The summed E-state index contributed by atoms with van der Waals surface area (Å²) in [6.07, 6.45) is -1.68. The highest BCUT2D eigenvalue weighted by Gasteiger charge is 2.36. The number of carboxylic acid groups (broad SMARTS) is 1. The second-order valence-corrected chi connectivity index (χ2v) is 10.6. The van der Waals surface area contributed by atoms with Gasteiger partial charge in [0.15, 0.2) is 0 Å². The van der Waals surface area contributed by atoms with Crippen LogP contribution < -0.4 is 26.0 Å². The Hall–Kier alpha value is -5.92. The number of hydrogen-bond donors (Lipinski definition) is 4. The number of anilines is 1. The molecule has 2 aliphatic rings. The third kappa shape index (κ3) is 6.45. The number of nitrogens with one attached hydrogen (secondary N) is 2. The molecule has 0 saturated carbocycles. The molecule has 0 spiro atoms. The van der Waals surface area contributed by atoms with Gasteiger partial charge in [-0.15, -0.1) is 0 Å². The molecule has 1 heterocycles. The Morgan fingerprint density at radius 3 is 2.26 bits per heavy atom. The highest BCUT2D eigenvalue weighted by Crippen LogP contribution is 2.44. The van der Waals surface area contributed by atoms with E-state index in [1.807, 2.05) is 48.5 Å². The van der Waals surface area contributed by atoms with E-state index in [0.717, 1.165) is 32.1 Å². The van der Waals surface area contributed by atoms with Gasteiger partial charge in [-0.1, -0.05) is 48.5 Å². The first-order valence-corrected chi connectivity index (χ1v) is 14.3. The fraction of sp³-hybridized carbons (Fsp3) is 0.250. The molecular weight excluding hydrogens is 598 g/mol. The van der Waals surface area contributed by atoms with Crippen molar-refractivity contribution in [2.24, 2.45) is 5.73 Å². The smallest absolute Gasteiger partial charge is 0.407 e. The molecule has 0 bridgehead atoms. The van der Waals surface area contributed by atoms with Gasteiger partial charge < -0.3 is 30.9 Å². The maximum Gasteiger partial charge on any atom is 0.407 e. The van der Waals surface area contributed by atoms with Crippen LogP contribution in [-0.2, 0) is 19.1 Å². The number of aromatic carboxylic acids is 1. The van der Waals surface area contributed by atoms with Crippen molar-refractivity contribution in [3.8, 4) is 16.9 Å². The Morgan fingerprint density at radius 1 is 1.00 bits per heavy atom. The number of carbonyl (C=O) groups excluding carboxylic acids is 5. The zero-order valence-electron chi connectivity index (χ0n) is 24.7. The second kappa shape index (κ2) is 13.4. The average molecular weight is 630 g/mol. The zero-order valence-corrected chi connectivity index (χ0v) is 24.7. The van der Waals surface area contributed by atoms with Crippen molar-refractivity contribution in [3.63, 3.8) is 0 Å². The second-order valence-electron chi connectivity index (χ2n) is 10.6. The van der Waals surface area contributed by atoms with Crippen molar-refractivity contribution in [2.75, 3.05) is 31.8 Å². The molecule has 6 amide bonds. The molecule has 5 N–H and O–H groups in total. The zero-order chi connectivity index (χ0) is 33.0. The van der Waals surface area contributed by atoms with E-state index in [0.29, 0.717) is 0 Å². The highest BCUT2D eigenvalue weighted by molar-refractivity contribution is 6.07. The van der Waals surface area contributed by atoms with Gasteiger partial charge in [-0.25, -0.2) is 19.3 Å². The van der Waals surface area contributed by atoms with Crippen LogP contribution in [0.5, 0.6) is 5.75 Å². The van der Waals surface area contributed by atoms with E-state index in [1.54, 1.807) is 0 Å². The van der Waals surface area contributed by atoms with Gasteiger partial charge in [0.05, 0.1) is 24.8 Å². The third-order valence-corrected chi connectivity index (χ3v) is 7.80. The molecule has 1 aliphatic heterocycles. The Balaban J connectivity index is 1.23. The van der Waals surface area contributed by atoms with E-state index in [1.165, 1.54) is 25.3 Å². The van der Waals surface area contributed by atoms with Crippen LogP contribution in [0.2, 0.25) is 0 Å². The molecule has 0 radical (unpaired) electrons. The number of alkyl carbamates (subject to hydrolysis) is 1. The van der Waals surface area contributed by atoms with Gasteiger partial charge in [0.1, 0.15) is 25.1 Å². The molecule has 0 aromatic heterocycles. The number of hydrogen-bond acceptors (Lipinski definition) is 8. The molecular formula is C32H31N5O9. The van der Waals surface area contributed by atoms with Gasteiger partial charge in [0, 0.05) is 18.9 Å². The molecule has 3 aromatic rings. The average Bonchev–Trinajstić information content (AvgIpc) is 3.36. The Labute approximate surface area is 263 Å². The SMILES string of the molecule is COc1ccc(C(=O)O)cc1N1CCC(=O)N(CNC(=O)C(CC(N)=O)NC(=O)OCC2c3ccccc3-c3ccccc32)C1=O. The summed E-state index contributed by atoms with van der Waals surface area (Å²) in [6.45, 7) is -0.700. The molecule has 1 saturated heterocycles. The maximum atomic E-state index is 13.3. The lowest BCUT2D eigenvalue weighted by Gasteiger charge is -2.35. The van der Waals surface area contributed by atoms with Gasteiger partial charge in [-0.3, -0.25) is 19.3 Å². The molecule has 1 atom stereocenters. The van der Waals surface area contributed by atoms with Crippen LogP contribution in [0.25, 0.3) is 11.1 Å². The first kappa shape index (κ1) is 31.5. The van der Waals surface area contributed by atoms with Crippen molar-refractivity contribution in [3.05, 3.63) is 83.4 Å². The van der Waals surface area contributed by atoms with Gasteiger partial charge in [-0.2, -0.15) is 0 Å². The molecule has 5 rings (SSSR count). The van der Waals surface area contributed by atoms with E-state index in [-0.39, 0.29) is 42.5 Å². The Kier molecular flexibility index (Phi) is 9.16. The van der Waals surface area contributed by atoms with Crippen LogP contribution in [0.3, 0.4) is 0 Å². The van der Waals surface area contributed by atoms with Crippen molar-refractivity contribution in [1.82, 2.24) is 15.5 Å². The molecule has 46 heavy (non-hydrogen) atoms. The Bertz CT molecular complexity index is 1680. The lowest BCUT2D eigenvalue weighted by Crippen LogP contribution is -2.57. The third-order valence-electron chi connectivity index (χ3n) is 7.80. The fourth-order valence-electron chi connectivity index (χ4n) is 5.58. The summed E-state index contributed by atoms with van der Waals surface area (Å²) in [5.41, 5.74) is 9.39. The van der Waals surface area contributed by atoms with Gasteiger partial charge >= 0.3 is 18.1 Å². The van der Waals surface area contributed by atoms with E-state index in [9.17, 15) is 33.9 Å². The highest BCUT2D eigenvalue weighted by atomic mass is 16.5. The van der Waals surface area contributed by atoms with E-state index in [2.05, 4.69) is 10.6 Å². The maximum absolute atomic E-state index is 13.3. The normalized spacial score (nSPS) is 14.6. The number of carbonyl (C=O) groups is 6. The first-order chi connectivity index (χ1) is 22.1. The van der Waals surface area contributed by atoms with Gasteiger partial charge in [0.2, 0.25) is 17.7 Å². The number of nitrogens with zero attached hydrogens (tertiary/aromatic N) is 2. The number of amides is 6. The number of rotatable bonds is 11. The monoisotopic (exact) mass is 629 g/mol. The van der Waals surface area contributed by atoms with Crippen molar-refractivity contribution < 1.29 is 43.3 Å². The number of methoxy groups -OCH3 is 1. The van der Waals surface area contributed by atoms with E-state index in [4.69, 9.17) is 15.2 Å². The van der Waals surface area contributed by atoms with Gasteiger partial charge in [0.25, 0.3) is 0 Å². The van der Waals surface area contributed by atoms with Crippen LogP contribution >= 0.6 is 0 Å². The number of ether oxygens (including phenoxy) is 2. The van der Waals surface area contributed by atoms with E-state index >= 15 is 0 Å². The first-order valence-electron chi connectivity index (χ1n) is 14.3. The Morgan fingerprint density at radius 2 is 1.65 bits per heavy atom. The number of carboxylic acids is 1. The minimum Gasteiger partial charge on any atom is -0.495 e. The van der Waals surface area contributed by atoms with Crippen LogP contribution in [-0.4, -0.2) is 78.8 Å². The number of urea groups is 1. The number of imide groups is 1. The largest absolute Gasteiger partial charge is 0.495 e. The number of nitrogens with two attached hydrogens (primary N) is 1. The summed E-state index contributed by atoms with van der Waals surface area (Å²) in [4.78, 5) is 77.1. The van der Waals surface area contributed by atoms with Crippen molar-refractivity contribution in [1.29, 1.82) is 0 Å². The summed E-state index contributed by atoms with van der Waals surface area (Å²) in [7, 11) is 1.35. The predicted octanol–water partition coefficient (Wildman–Crippen LogP) is 2.41. The van der Waals surface area contributed by atoms with Crippen molar-refractivity contribution in [2.45, 2.75) is 24.8 Å². The van der Waals surface area contributed by atoms with Crippen LogP contribution in [0.4, 0.5) is 15.3 Å². The molecule has 1 aliphatic carbocycles. The van der Waals surface area contributed by atoms with Crippen LogP contribution in [0.1, 0.15) is 40.2 Å². The fourth-order valence-corrected chi connectivity index (χ4v) is 5.58. The van der Waals surface area contributed by atoms with Crippen molar-refractivity contribution >= 4 is 41.5 Å². The molecule has 238 valence electrons. The summed E-state index contributed by atoms with van der Waals surface area (Å²) >= 11 is 0. The minimum absolute atomic E-state index is 0.0378. The molecule has 14 heteroatoms. The minimum atomic E-state index is -1.47. The molecule has 3 aromatic carbocycles. The summed E-state index contributed by atoms with van der Waals surface area (Å²) in [6, 6.07) is 17.2. The van der Waals surface area contributed by atoms with Crippen LogP contribution in [0.15, 0.2) is 66.7 Å². The topological polar surface area (TPSA) is 198 Å². The standard InChI is InChI=1S/C32H31N5O9/c1-45-26-11-10-18(30(41)42)14-25(26)36-13-12-28(39)37(32(36)44)17-34-29(40)24(15-27(33)38)35-31(43)46-16-23-21-8-4-2-6-19(21)20-7-3-5-9-22(20)23/h2-11,14,23-24H,12-13,15-17H2,1H3,(H2,33,38)(H,34,40)(H,35,43)(H,41,42).